The average molecular weight is 288 g/mol. The van der Waals surface area contributed by atoms with Crippen LogP contribution in [0.25, 0.3) is 0 Å². The van der Waals surface area contributed by atoms with E-state index in [0.29, 0.717) is 12.3 Å². The van der Waals surface area contributed by atoms with Gasteiger partial charge in [-0.3, -0.25) is 0 Å². The van der Waals surface area contributed by atoms with E-state index in [9.17, 15) is 9.18 Å². The number of hydrogen-bond acceptors (Lipinski definition) is 2. The zero-order chi connectivity index (χ0) is 15.1. The number of carbonyl (C=O) groups is 1. The van der Waals surface area contributed by atoms with E-state index in [1.54, 1.807) is 12.1 Å². The molecule has 0 fully saturated rings. The second-order valence-electron chi connectivity index (χ2n) is 4.59. The van der Waals surface area contributed by atoms with E-state index in [1.165, 1.54) is 12.1 Å². The van der Waals surface area contributed by atoms with Crippen LogP contribution in [0.5, 0.6) is 5.75 Å². The van der Waals surface area contributed by atoms with E-state index in [-0.39, 0.29) is 18.6 Å². The van der Waals surface area contributed by atoms with Crippen LogP contribution in [0.3, 0.4) is 0 Å². The van der Waals surface area contributed by atoms with E-state index in [2.05, 4.69) is 10.6 Å². The second kappa shape index (κ2) is 7.28. The summed E-state index contributed by atoms with van der Waals surface area (Å²) < 4.78 is 18.1. The van der Waals surface area contributed by atoms with E-state index >= 15 is 0 Å². The fourth-order valence-corrected chi connectivity index (χ4v) is 1.67. The molecule has 4 nitrogen and oxygen atoms in total. The molecule has 0 unspecified atom stereocenters. The molecule has 2 N–H and O–H groups in total. The third kappa shape index (κ3) is 5.14. The molecule has 0 aliphatic carbocycles. The zero-order valence-corrected chi connectivity index (χ0v) is 11.7. The Morgan fingerprint density at radius 2 is 1.71 bits per heavy atom. The summed E-state index contributed by atoms with van der Waals surface area (Å²) in [7, 11) is 0. The van der Waals surface area contributed by atoms with Crippen LogP contribution in [-0.4, -0.2) is 12.8 Å². The van der Waals surface area contributed by atoms with Crippen molar-refractivity contribution in [2.24, 2.45) is 0 Å². The summed E-state index contributed by atoms with van der Waals surface area (Å²) in [4.78, 5) is 11.6. The van der Waals surface area contributed by atoms with Gasteiger partial charge in [0.1, 0.15) is 11.6 Å². The Bertz CT molecular complexity index is 582. The van der Waals surface area contributed by atoms with Crippen molar-refractivity contribution in [2.75, 3.05) is 6.73 Å². The van der Waals surface area contributed by atoms with Crippen LogP contribution in [0.4, 0.5) is 9.18 Å². The molecule has 2 aromatic rings. The molecule has 0 radical (unpaired) electrons. The van der Waals surface area contributed by atoms with Crippen LogP contribution in [0.2, 0.25) is 0 Å². The predicted octanol–water partition coefficient (Wildman–Crippen LogP) is 2.97. The average Bonchev–Trinajstić information content (AvgIpc) is 2.49. The molecule has 2 aromatic carbocycles. The number of hydrogen-bond donors (Lipinski definition) is 2. The maximum Gasteiger partial charge on any atom is 0.317 e. The van der Waals surface area contributed by atoms with Gasteiger partial charge in [0.25, 0.3) is 0 Å². The minimum absolute atomic E-state index is 0.0817. The van der Waals surface area contributed by atoms with Crippen LogP contribution in [-0.2, 0) is 6.54 Å². The fraction of sp³-hybridized carbons (Fsp3) is 0.188. The summed E-state index contributed by atoms with van der Waals surface area (Å²) in [6, 6.07) is 13.2. The van der Waals surface area contributed by atoms with Crippen molar-refractivity contribution in [1.82, 2.24) is 10.6 Å². The molecule has 21 heavy (non-hydrogen) atoms. The number of aryl methyl sites for hydroxylation is 1. The summed E-state index contributed by atoms with van der Waals surface area (Å²) >= 11 is 0. The topological polar surface area (TPSA) is 50.4 Å². The first-order valence-electron chi connectivity index (χ1n) is 6.59. The lowest BCUT2D eigenvalue weighted by Gasteiger charge is -2.09. The van der Waals surface area contributed by atoms with Crippen LogP contribution in [0.15, 0.2) is 48.5 Å². The normalized spacial score (nSPS) is 10.0. The molecule has 5 heteroatoms. The summed E-state index contributed by atoms with van der Waals surface area (Å²) in [6.07, 6.45) is 0. The van der Waals surface area contributed by atoms with E-state index in [0.717, 1.165) is 11.1 Å². The number of amides is 2. The van der Waals surface area contributed by atoms with E-state index < -0.39 is 0 Å². The van der Waals surface area contributed by atoms with Crippen molar-refractivity contribution >= 4 is 6.03 Å². The molecule has 0 heterocycles. The number of carbonyl (C=O) groups excluding carboxylic acids is 1. The van der Waals surface area contributed by atoms with Gasteiger partial charge in [-0.1, -0.05) is 29.8 Å². The summed E-state index contributed by atoms with van der Waals surface area (Å²) in [5, 5.41) is 5.24. The molecule has 0 atom stereocenters. The molecular formula is C16H17FN2O2. The third-order valence-electron chi connectivity index (χ3n) is 2.86. The Hall–Kier alpha value is -2.56. The van der Waals surface area contributed by atoms with Crippen molar-refractivity contribution in [1.29, 1.82) is 0 Å². The first-order chi connectivity index (χ1) is 10.1. The number of nitrogens with one attached hydrogen (secondary N) is 2. The monoisotopic (exact) mass is 288 g/mol. The molecule has 0 saturated heterocycles. The number of benzene rings is 2. The number of rotatable bonds is 5. The summed E-state index contributed by atoms with van der Waals surface area (Å²) in [5.41, 5.74) is 1.97. The minimum Gasteiger partial charge on any atom is -0.473 e. The molecule has 2 amide bonds. The molecule has 110 valence electrons. The van der Waals surface area contributed by atoms with Gasteiger partial charge in [0, 0.05) is 6.54 Å². The maximum atomic E-state index is 12.7. The Balaban J connectivity index is 1.67. The van der Waals surface area contributed by atoms with Gasteiger partial charge >= 0.3 is 6.03 Å². The lowest BCUT2D eigenvalue weighted by molar-refractivity contribution is 0.223. The van der Waals surface area contributed by atoms with Crippen LogP contribution < -0.4 is 15.4 Å². The molecule has 2 rings (SSSR count). The Morgan fingerprint density at radius 3 is 2.38 bits per heavy atom. The number of urea groups is 1. The van der Waals surface area contributed by atoms with Crippen LogP contribution in [0, 0.1) is 12.7 Å². The van der Waals surface area contributed by atoms with Gasteiger partial charge < -0.3 is 15.4 Å². The van der Waals surface area contributed by atoms with E-state index in [4.69, 9.17) is 4.74 Å². The van der Waals surface area contributed by atoms with Gasteiger partial charge in [-0.25, -0.2) is 9.18 Å². The van der Waals surface area contributed by atoms with E-state index in [1.807, 2.05) is 31.2 Å². The summed E-state index contributed by atoms with van der Waals surface area (Å²) in [5.74, 6) is 0.397. The predicted molar refractivity (Wildman–Crippen MR) is 78.4 cm³/mol. The largest absolute Gasteiger partial charge is 0.473 e. The van der Waals surface area contributed by atoms with Crippen LogP contribution >= 0.6 is 0 Å². The molecule has 0 saturated carbocycles. The van der Waals surface area contributed by atoms with Crippen LogP contribution in [0.1, 0.15) is 11.1 Å². The fourth-order valence-electron chi connectivity index (χ4n) is 1.67. The molecule has 0 aliphatic rings. The standard InChI is InChI=1S/C16H17FN2O2/c1-12-2-8-15(9-3-12)21-11-19-16(20)18-10-13-4-6-14(17)7-5-13/h2-9H,10-11H2,1H3,(H2,18,19,20). The lowest BCUT2D eigenvalue weighted by atomic mass is 10.2. The molecular weight excluding hydrogens is 271 g/mol. The molecule has 0 spiro atoms. The van der Waals surface area contributed by atoms with Crippen molar-refractivity contribution in [3.8, 4) is 5.75 Å². The van der Waals surface area contributed by atoms with Crippen molar-refractivity contribution in [3.63, 3.8) is 0 Å². The highest BCUT2D eigenvalue weighted by atomic mass is 19.1. The molecule has 0 bridgehead atoms. The van der Waals surface area contributed by atoms with Gasteiger partial charge in [0.05, 0.1) is 0 Å². The number of ether oxygens (including phenoxy) is 1. The van der Waals surface area contributed by atoms with Gasteiger partial charge in [-0.05, 0) is 36.8 Å². The second-order valence-corrected chi connectivity index (χ2v) is 4.59. The third-order valence-corrected chi connectivity index (χ3v) is 2.86. The SMILES string of the molecule is Cc1ccc(OCNC(=O)NCc2ccc(F)cc2)cc1. The first-order valence-corrected chi connectivity index (χ1v) is 6.59. The smallest absolute Gasteiger partial charge is 0.317 e. The van der Waals surface area contributed by atoms with Crippen molar-refractivity contribution in [3.05, 3.63) is 65.5 Å². The first kappa shape index (κ1) is 14.8. The highest BCUT2D eigenvalue weighted by molar-refractivity contribution is 5.73. The maximum absolute atomic E-state index is 12.7. The molecule has 0 aliphatic heterocycles. The Kier molecular flexibility index (Phi) is 5.15. The van der Waals surface area contributed by atoms with Gasteiger partial charge in [-0.2, -0.15) is 0 Å². The summed E-state index contributed by atoms with van der Waals surface area (Å²) in [6.45, 7) is 2.40. The zero-order valence-electron chi connectivity index (χ0n) is 11.7. The van der Waals surface area contributed by atoms with Gasteiger partial charge in [0.15, 0.2) is 6.73 Å². The quantitative estimate of drug-likeness (QED) is 0.831. The highest BCUT2D eigenvalue weighted by Crippen LogP contribution is 2.10. The Labute approximate surface area is 122 Å². The van der Waals surface area contributed by atoms with Gasteiger partial charge in [-0.15, -0.1) is 0 Å². The lowest BCUT2D eigenvalue weighted by Crippen LogP contribution is -2.37. The Morgan fingerprint density at radius 1 is 1.05 bits per heavy atom. The minimum atomic E-state index is -0.341. The van der Waals surface area contributed by atoms with Crippen molar-refractivity contribution < 1.29 is 13.9 Å². The number of halogens is 1. The van der Waals surface area contributed by atoms with Crippen molar-refractivity contribution in [2.45, 2.75) is 13.5 Å². The highest BCUT2D eigenvalue weighted by Gasteiger charge is 2.00. The molecule has 0 aromatic heterocycles. The van der Waals surface area contributed by atoms with Gasteiger partial charge in [0.2, 0.25) is 0 Å².